The van der Waals surface area contributed by atoms with Crippen molar-refractivity contribution in [2.45, 2.75) is 26.5 Å². The number of aromatic nitrogens is 3. The maximum absolute atomic E-state index is 12.1. The summed E-state index contributed by atoms with van der Waals surface area (Å²) in [4.78, 5) is 16.3. The minimum Gasteiger partial charge on any atom is -0.371 e. The minimum absolute atomic E-state index is 0.0335. The van der Waals surface area contributed by atoms with Crippen molar-refractivity contribution in [2.24, 2.45) is 0 Å². The van der Waals surface area contributed by atoms with Crippen LogP contribution in [0, 0.1) is 0 Å². The van der Waals surface area contributed by atoms with Gasteiger partial charge in [0.2, 0.25) is 5.89 Å². The lowest BCUT2D eigenvalue weighted by molar-refractivity contribution is 0.0683. The van der Waals surface area contributed by atoms with E-state index in [-0.39, 0.29) is 17.5 Å². The average molecular weight is 305 g/mol. The number of fused-ring (bicyclic) bond motifs is 1. The summed E-state index contributed by atoms with van der Waals surface area (Å²) in [7, 11) is 0. The Morgan fingerprint density at radius 1 is 1.43 bits per heavy atom. The molecule has 0 fully saturated rings. The number of ether oxygens (including phenoxy) is 1. The van der Waals surface area contributed by atoms with Crippen LogP contribution < -0.4 is 4.87 Å². The Morgan fingerprint density at radius 3 is 3.05 bits per heavy atom. The molecule has 1 atom stereocenters. The highest BCUT2D eigenvalue weighted by atomic mass is 32.1. The van der Waals surface area contributed by atoms with E-state index in [0.717, 1.165) is 10.2 Å². The number of thiazole rings is 1. The van der Waals surface area contributed by atoms with Crippen molar-refractivity contribution in [1.82, 2.24) is 14.7 Å². The zero-order valence-electron chi connectivity index (χ0n) is 11.8. The van der Waals surface area contributed by atoms with Crippen molar-refractivity contribution in [3.05, 3.63) is 45.6 Å². The second kappa shape index (κ2) is 5.79. The largest absolute Gasteiger partial charge is 0.371 e. The van der Waals surface area contributed by atoms with Crippen molar-refractivity contribution < 1.29 is 9.26 Å². The molecule has 1 unspecified atom stereocenters. The lowest BCUT2D eigenvalue weighted by Gasteiger charge is -2.04. The predicted molar refractivity (Wildman–Crippen MR) is 79.5 cm³/mol. The second-order valence-electron chi connectivity index (χ2n) is 4.57. The van der Waals surface area contributed by atoms with Crippen molar-refractivity contribution in [1.29, 1.82) is 0 Å². The average Bonchev–Trinajstić information content (AvgIpc) is 3.05. The van der Waals surface area contributed by atoms with Crippen molar-refractivity contribution in [3.63, 3.8) is 0 Å². The molecule has 3 rings (SSSR count). The third-order valence-corrected chi connectivity index (χ3v) is 4.09. The molecule has 2 heterocycles. The molecule has 0 aliphatic rings. The highest BCUT2D eigenvalue weighted by molar-refractivity contribution is 7.16. The Hall–Kier alpha value is -1.99. The molecule has 0 saturated carbocycles. The highest BCUT2D eigenvalue weighted by Crippen LogP contribution is 2.18. The molecule has 0 N–H and O–H groups in total. The zero-order chi connectivity index (χ0) is 14.8. The van der Waals surface area contributed by atoms with Crippen molar-refractivity contribution in [2.75, 3.05) is 6.61 Å². The van der Waals surface area contributed by atoms with Crippen molar-refractivity contribution in [3.8, 4) is 0 Å². The standard InChI is InChI=1S/C14H15N3O3S/c1-3-19-9(2)13-15-12(20-16-13)8-17-10-6-4-5-7-11(10)21-14(17)18/h4-7,9H,3,8H2,1-2H3. The summed E-state index contributed by atoms with van der Waals surface area (Å²) in [6, 6.07) is 7.65. The smallest absolute Gasteiger partial charge is 0.308 e. The fraction of sp³-hybridized carbons (Fsp3) is 0.357. The molecule has 0 spiro atoms. The fourth-order valence-electron chi connectivity index (χ4n) is 2.12. The highest BCUT2D eigenvalue weighted by Gasteiger charge is 2.15. The Kier molecular flexibility index (Phi) is 3.85. The zero-order valence-corrected chi connectivity index (χ0v) is 12.6. The minimum atomic E-state index is -0.219. The van der Waals surface area contributed by atoms with Gasteiger partial charge < -0.3 is 9.26 Å². The molecule has 3 aromatic rings. The summed E-state index contributed by atoms with van der Waals surface area (Å²) in [6.45, 7) is 4.63. The molecule has 0 bridgehead atoms. The number of benzene rings is 1. The molecule has 0 saturated heterocycles. The van der Waals surface area contributed by atoms with E-state index >= 15 is 0 Å². The maximum Gasteiger partial charge on any atom is 0.308 e. The molecular weight excluding hydrogens is 290 g/mol. The molecule has 7 heteroatoms. The first kappa shape index (κ1) is 14.0. The topological polar surface area (TPSA) is 70.2 Å². The summed E-state index contributed by atoms with van der Waals surface area (Å²) in [5.74, 6) is 0.904. The number of hydrogen-bond acceptors (Lipinski definition) is 6. The van der Waals surface area contributed by atoms with E-state index in [1.54, 1.807) is 4.57 Å². The summed E-state index contributed by atoms with van der Waals surface area (Å²) in [5.41, 5.74) is 0.880. The maximum atomic E-state index is 12.1. The van der Waals surface area contributed by atoms with Gasteiger partial charge >= 0.3 is 4.87 Å². The van der Waals surface area contributed by atoms with Gasteiger partial charge in [0.1, 0.15) is 12.6 Å². The van der Waals surface area contributed by atoms with Crippen LogP contribution in [0.2, 0.25) is 0 Å². The van der Waals surface area contributed by atoms with Gasteiger partial charge in [-0.1, -0.05) is 28.6 Å². The van der Waals surface area contributed by atoms with Gasteiger partial charge in [-0.3, -0.25) is 9.36 Å². The van der Waals surface area contributed by atoms with Gasteiger partial charge in [0.05, 0.1) is 10.2 Å². The van der Waals surface area contributed by atoms with Crippen LogP contribution in [-0.4, -0.2) is 21.3 Å². The third-order valence-electron chi connectivity index (χ3n) is 3.13. The Labute approximate surface area is 125 Å². The van der Waals surface area contributed by atoms with Crippen LogP contribution in [-0.2, 0) is 11.3 Å². The van der Waals surface area contributed by atoms with Gasteiger partial charge in [0.15, 0.2) is 5.82 Å². The van der Waals surface area contributed by atoms with E-state index in [4.69, 9.17) is 9.26 Å². The van der Waals surface area contributed by atoms with Crippen LogP contribution in [0.25, 0.3) is 10.2 Å². The predicted octanol–water partition coefficient (Wildman–Crippen LogP) is 2.59. The SMILES string of the molecule is CCOC(C)c1noc(Cn2c(=O)sc3ccccc32)n1. The van der Waals surface area contributed by atoms with Crippen LogP contribution in [0.3, 0.4) is 0 Å². The monoisotopic (exact) mass is 305 g/mol. The molecule has 6 nitrogen and oxygen atoms in total. The summed E-state index contributed by atoms with van der Waals surface area (Å²) < 4.78 is 13.2. The quantitative estimate of drug-likeness (QED) is 0.724. The van der Waals surface area contributed by atoms with Crippen LogP contribution in [0.1, 0.15) is 31.7 Å². The van der Waals surface area contributed by atoms with Crippen LogP contribution in [0.4, 0.5) is 0 Å². The van der Waals surface area contributed by atoms with Gasteiger partial charge in [-0.15, -0.1) is 0 Å². The number of para-hydroxylation sites is 1. The molecular formula is C14H15N3O3S. The molecule has 0 amide bonds. The van der Waals surface area contributed by atoms with Crippen LogP contribution in [0.5, 0.6) is 0 Å². The Morgan fingerprint density at radius 2 is 2.24 bits per heavy atom. The van der Waals surface area contributed by atoms with Gasteiger partial charge in [0, 0.05) is 6.61 Å². The van der Waals surface area contributed by atoms with E-state index in [9.17, 15) is 4.79 Å². The van der Waals surface area contributed by atoms with Gasteiger partial charge in [-0.25, -0.2) is 0 Å². The third kappa shape index (κ3) is 2.74. The lowest BCUT2D eigenvalue weighted by atomic mass is 10.3. The van der Waals surface area contributed by atoms with Crippen LogP contribution in [0.15, 0.2) is 33.6 Å². The van der Waals surface area contributed by atoms with E-state index in [0.29, 0.717) is 18.3 Å². The summed E-state index contributed by atoms with van der Waals surface area (Å²) in [5, 5.41) is 3.90. The first-order chi connectivity index (χ1) is 10.2. The van der Waals surface area contributed by atoms with E-state index < -0.39 is 0 Å². The van der Waals surface area contributed by atoms with Gasteiger partial charge in [-0.05, 0) is 26.0 Å². The second-order valence-corrected chi connectivity index (χ2v) is 5.56. The fourth-order valence-corrected chi connectivity index (χ4v) is 3.01. The summed E-state index contributed by atoms with van der Waals surface area (Å²) in [6.07, 6.45) is -0.219. The van der Waals surface area contributed by atoms with Crippen LogP contribution >= 0.6 is 11.3 Å². The van der Waals surface area contributed by atoms with E-state index in [1.165, 1.54) is 11.3 Å². The molecule has 0 radical (unpaired) electrons. The molecule has 110 valence electrons. The van der Waals surface area contributed by atoms with Crippen molar-refractivity contribution >= 4 is 21.6 Å². The lowest BCUT2D eigenvalue weighted by Crippen LogP contribution is -2.13. The Balaban J connectivity index is 1.89. The first-order valence-corrected chi connectivity index (χ1v) is 7.53. The normalized spacial score (nSPS) is 12.9. The molecule has 1 aromatic carbocycles. The number of hydrogen-bond donors (Lipinski definition) is 0. The molecule has 21 heavy (non-hydrogen) atoms. The number of nitrogens with zero attached hydrogens (tertiary/aromatic N) is 3. The molecule has 0 aliphatic carbocycles. The van der Waals surface area contributed by atoms with E-state index in [1.807, 2.05) is 38.1 Å². The molecule has 0 aliphatic heterocycles. The summed E-state index contributed by atoms with van der Waals surface area (Å²) >= 11 is 1.21. The van der Waals surface area contributed by atoms with E-state index in [2.05, 4.69) is 10.1 Å². The van der Waals surface area contributed by atoms with Gasteiger partial charge in [0.25, 0.3) is 0 Å². The van der Waals surface area contributed by atoms with Gasteiger partial charge in [-0.2, -0.15) is 4.98 Å². The number of rotatable bonds is 5. The molecule has 2 aromatic heterocycles. The first-order valence-electron chi connectivity index (χ1n) is 6.71. The Bertz CT molecular complexity index is 805.